The first-order valence-electron chi connectivity index (χ1n) is 3.72. The molecule has 0 radical (unpaired) electrons. The van der Waals surface area contributed by atoms with Gasteiger partial charge in [0, 0.05) is 12.1 Å². The lowest BCUT2D eigenvalue weighted by atomic mass is 10.2. The van der Waals surface area contributed by atoms with Gasteiger partial charge < -0.3 is 9.47 Å². The molecule has 0 atom stereocenters. The summed E-state index contributed by atoms with van der Waals surface area (Å²) in [5, 5.41) is 0.684. The Morgan fingerprint density at radius 2 is 2.15 bits per heavy atom. The summed E-state index contributed by atoms with van der Waals surface area (Å²) >= 11 is 8.10. The molecule has 0 saturated heterocycles. The van der Waals surface area contributed by atoms with Gasteiger partial charge in [-0.05, 0) is 47.2 Å². The Labute approximate surface area is 96.3 Å². The Hall–Kier alpha value is -0.000000000000000111. The van der Waals surface area contributed by atoms with Gasteiger partial charge in [0.05, 0.1) is 3.57 Å². The van der Waals surface area contributed by atoms with Crippen molar-refractivity contribution >= 4 is 34.2 Å². The van der Waals surface area contributed by atoms with Crippen LogP contribution in [0.3, 0.4) is 0 Å². The van der Waals surface area contributed by atoms with Crippen molar-refractivity contribution in [3.63, 3.8) is 0 Å². The van der Waals surface area contributed by atoms with Crippen molar-refractivity contribution in [2.75, 3.05) is 13.9 Å². The van der Waals surface area contributed by atoms with Gasteiger partial charge in [0.15, 0.2) is 6.79 Å². The fourth-order valence-electron chi connectivity index (χ4n) is 0.922. The first-order valence-corrected chi connectivity index (χ1v) is 5.18. The average molecular weight is 313 g/mol. The number of hydrogen-bond acceptors (Lipinski definition) is 2. The Morgan fingerprint density at radius 1 is 1.46 bits per heavy atom. The van der Waals surface area contributed by atoms with Crippen LogP contribution in [0.2, 0.25) is 5.02 Å². The SMILES string of the molecule is COCOc1cc(Cl)cc(C)c1I. The maximum atomic E-state index is 5.88. The van der Waals surface area contributed by atoms with Crippen LogP contribution in [0, 0.1) is 10.5 Å². The molecule has 1 rings (SSSR count). The highest BCUT2D eigenvalue weighted by molar-refractivity contribution is 14.1. The molecular weight excluding hydrogens is 302 g/mol. The molecule has 1 aromatic rings. The smallest absolute Gasteiger partial charge is 0.188 e. The van der Waals surface area contributed by atoms with Crippen molar-refractivity contribution < 1.29 is 9.47 Å². The summed E-state index contributed by atoms with van der Waals surface area (Å²) in [5.41, 5.74) is 1.11. The van der Waals surface area contributed by atoms with Crippen LogP contribution in [0.25, 0.3) is 0 Å². The minimum Gasteiger partial charge on any atom is -0.466 e. The van der Waals surface area contributed by atoms with Gasteiger partial charge in [-0.25, -0.2) is 0 Å². The van der Waals surface area contributed by atoms with Gasteiger partial charge in [-0.15, -0.1) is 0 Å². The first kappa shape index (κ1) is 11.1. The van der Waals surface area contributed by atoms with E-state index in [4.69, 9.17) is 21.1 Å². The van der Waals surface area contributed by atoms with E-state index in [0.717, 1.165) is 14.9 Å². The third-order valence-corrected chi connectivity index (χ3v) is 3.12. The normalized spacial score (nSPS) is 10.2. The van der Waals surface area contributed by atoms with Crippen molar-refractivity contribution in [2.45, 2.75) is 6.92 Å². The van der Waals surface area contributed by atoms with Crippen molar-refractivity contribution in [1.82, 2.24) is 0 Å². The molecule has 0 N–H and O–H groups in total. The van der Waals surface area contributed by atoms with E-state index in [1.807, 2.05) is 13.0 Å². The molecular formula is C9H10ClIO2. The standard InChI is InChI=1S/C9H10ClIO2/c1-6-3-7(10)4-8(9(6)11)13-5-12-2/h3-4H,5H2,1-2H3. The summed E-state index contributed by atoms with van der Waals surface area (Å²) in [6.07, 6.45) is 0. The second-order valence-corrected chi connectivity index (χ2v) is 4.10. The molecule has 4 heteroatoms. The summed E-state index contributed by atoms with van der Waals surface area (Å²) in [5.74, 6) is 0.771. The lowest BCUT2D eigenvalue weighted by Crippen LogP contribution is -2.01. The fraction of sp³-hybridized carbons (Fsp3) is 0.333. The van der Waals surface area contributed by atoms with Gasteiger partial charge in [-0.1, -0.05) is 11.6 Å². The maximum absolute atomic E-state index is 5.88. The molecule has 0 aliphatic heterocycles. The van der Waals surface area contributed by atoms with Crippen molar-refractivity contribution in [3.05, 3.63) is 26.3 Å². The molecule has 0 heterocycles. The molecule has 0 amide bonds. The first-order chi connectivity index (χ1) is 6.15. The van der Waals surface area contributed by atoms with Crippen LogP contribution in [0.5, 0.6) is 5.75 Å². The summed E-state index contributed by atoms with van der Waals surface area (Å²) in [6, 6.07) is 3.69. The van der Waals surface area contributed by atoms with Crippen molar-refractivity contribution in [3.8, 4) is 5.75 Å². The number of hydrogen-bond donors (Lipinski definition) is 0. The van der Waals surface area contributed by atoms with Gasteiger partial charge in [0.2, 0.25) is 0 Å². The number of benzene rings is 1. The Morgan fingerprint density at radius 3 is 2.77 bits per heavy atom. The van der Waals surface area contributed by atoms with E-state index in [-0.39, 0.29) is 6.79 Å². The number of halogens is 2. The van der Waals surface area contributed by atoms with E-state index in [0.29, 0.717) is 5.02 Å². The predicted octanol–water partition coefficient (Wildman–Crippen LogP) is 3.24. The van der Waals surface area contributed by atoms with Crippen LogP contribution in [-0.4, -0.2) is 13.9 Å². The van der Waals surface area contributed by atoms with Gasteiger partial charge in [0.1, 0.15) is 5.75 Å². The maximum Gasteiger partial charge on any atom is 0.188 e. The summed E-state index contributed by atoms with van der Waals surface area (Å²) < 4.78 is 11.2. The molecule has 2 nitrogen and oxygen atoms in total. The molecule has 0 fully saturated rings. The minimum absolute atomic E-state index is 0.246. The molecule has 13 heavy (non-hydrogen) atoms. The Kier molecular flexibility index (Phi) is 4.28. The highest BCUT2D eigenvalue weighted by Crippen LogP contribution is 2.28. The van der Waals surface area contributed by atoms with Crippen LogP contribution < -0.4 is 4.74 Å². The van der Waals surface area contributed by atoms with E-state index in [1.165, 1.54) is 0 Å². The summed E-state index contributed by atoms with van der Waals surface area (Å²) in [7, 11) is 1.59. The molecule has 0 aliphatic rings. The zero-order chi connectivity index (χ0) is 9.84. The van der Waals surface area contributed by atoms with E-state index >= 15 is 0 Å². The molecule has 0 spiro atoms. The number of rotatable bonds is 3. The lowest BCUT2D eigenvalue weighted by Gasteiger charge is -2.09. The third kappa shape index (κ3) is 3.00. The second-order valence-electron chi connectivity index (χ2n) is 2.59. The zero-order valence-electron chi connectivity index (χ0n) is 7.43. The molecule has 1 aromatic carbocycles. The Bertz CT molecular complexity index is 302. The van der Waals surface area contributed by atoms with Crippen LogP contribution in [0.1, 0.15) is 5.56 Å². The number of aryl methyl sites for hydroxylation is 1. The summed E-state index contributed by atoms with van der Waals surface area (Å²) in [6.45, 7) is 2.24. The van der Waals surface area contributed by atoms with Crippen LogP contribution >= 0.6 is 34.2 Å². The third-order valence-electron chi connectivity index (χ3n) is 1.52. The minimum atomic E-state index is 0.246. The number of methoxy groups -OCH3 is 1. The van der Waals surface area contributed by atoms with Crippen molar-refractivity contribution in [1.29, 1.82) is 0 Å². The van der Waals surface area contributed by atoms with E-state index in [1.54, 1.807) is 13.2 Å². The Balaban J connectivity index is 2.92. The topological polar surface area (TPSA) is 18.5 Å². The highest BCUT2D eigenvalue weighted by Gasteiger charge is 2.05. The highest BCUT2D eigenvalue weighted by atomic mass is 127. The lowest BCUT2D eigenvalue weighted by molar-refractivity contribution is 0.0505. The van der Waals surface area contributed by atoms with Gasteiger partial charge in [0.25, 0.3) is 0 Å². The van der Waals surface area contributed by atoms with Gasteiger partial charge >= 0.3 is 0 Å². The molecule has 0 saturated carbocycles. The van der Waals surface area contributed by atoms with Crippen LogP contribution in [0.15, 0.2) is 12.1 Å². The quantitative estimate of drug-likeness (QED) is 0.630. The predicted molar refractivity (Wildman–Crippen MR) is 61.4 cm³/mol. The van der Waals surface area contributed by atoms with Crippen LogP contribution in [-0.2, 0) is 4.74 Å². The van der Waals surface area contributed by atoms with Crippen molar-refractivity contribution in [2.24, 2.45) is 0 Å². The molecule has 0 aliphatic carbocycles. The van der Waals surface area contributed by atoms with E-state index in [2.05, 4.69) is 22.6 Å². The van der Waals surface area contributed by atoms with Gasteiger partial charge in [-0.3, -0.25) is 0 Å². The van der Waals surface area contributed by atoms with Gasteiger partial charge in [-0.2, -0.15) is 0 Å². The molecule has 0 unspecified atom stereocenters. The van der Waals surface area contributed by atoms with E-state index < -0.39 is 0 Å². The summed E-state index contributed by atoms with van der Waals surface area (Å²) in [4.78, 5) is 0. The molecule has 72 valence electrons. The van der Waals surface area contributed by atoms with Crippen LogP contribution in [0.4, 0.5) is 0 Å². The molecule has 0 aromatic heterocycles. The number of ether oxygens (including phenoxy) is 2. The monoisotopic (exact) mass is 312 g/mol. The fourth-order valence-corrected chi connectivity index (χ4v) is 1.65. The molecule has 0 bridgehead atoms. The largest absolute Gasteiger partial charge is 0.466 e. The average Bonchev–Trinajstić information content (AvgIpc) is 2.09. The zero-order valence-corrected chi connectivity index (χ0v) is 10.3. The van der Waals surface area contributed by atoms with E-state index in [9.17, 15) is 0 Å². The second kappa shape index (κ2) is 5.02.